The maximum Gasteiger partial charge on any atom is 0.191 e. The van der Waals surface area contributed by atoms with Crippen LogP contribution in [0, 0.1) is 5.92 Å². The Kier molecular flexibility index (Phi) is 13.5. The number of morpholine rings is 1. The molecule has 0 aliphatic carbocycles. The first-order chi connectivity index (χ1) is 12.8. The number of benzene rings is 1. The first-order valence-electron chi connectivity index (χ1n) is 9.72. The van der Waals surface area contributed by atoms with Crippen LogP contribution in [-0.2, 0) is 16.1 Å². The average molecular weight is 490 g/mol. The van der Waals surface area contributed by atoms with Crippen LogP contribution in [0.2, 0.25) is 0 Å². The summed E-state index contributed by atoms with van der Waals surface area (Å²) in [5.41, 5.74) is 1.20. The van der Waals surface area contributed by atoms with Crippen LogP contribution in [0.5, 0.6) is 0 Å². The van der Waals surface area contributed by atoms with Gasteiger partial charge in [0.25, 0.3) is 0 Å². The maximum absolute atomic E-state index is 5.71. The SMILES string of the molecule is CCNC(=NCC(C)CN1CCOCC1)NCCOCc1ccccc1.I. The quantitative estimate of drug-likeness (QED) is 0.228. The molecule has 0 saturated carbocycles. The number of aliphatic imine (C=N–C) groups is 1. The van der Waals surface area contributed by atoms with Gasteiger partial charge in [-0.2, -0.15) is 0 Å². The molecule has 1 aliphatic rings. The van der Waals surface area contributed by atoms with Crippen molar-refractivity contribution in [3.63, 3.8) is 0 Å². The van der Waals surface area contributed by atoms with Crippen LogP contribution >= 0.6 is 24.0 Å². The van der Waals surface area contributed by atoms with Gasteiger partial charge < -0.3 is 20.1 Å². The van der Waals surface area contributed by atoms with E-state index in [1.54, 1.807) is 0 Å². The van der Waals surface area contributed by atoms with Gasteiger partial charge in [0.2, 0.25) is 0 Å². The third kappa shape index (κ3) is 10.9. The average Bonchev–Trinajstić information content (AvgIpc) is 2.67. The molecule has 0 radical (unpaired) electrons. The molecular formula is C20H35IN4O2. The molecular weight excluding hydrogens is 455 g/mol. The zero-order valence-electron chi connectivity index (χ0n) is 16.7. The van der Waals surface area contributed by atoms with Gasteiger partial charge in [-0.05, 0) is 18.4 Å². The largest absolute Gasteiger partial charge is 0.379 e. The van der Waals surface area contributed by atoms with Gasteiger partial charge >= 0.3 is 0 Å². The molecule has 1 aliphatic heterocycles. The molecule has 154 valence electrons. The van der Waals surface area contributed by atoms with Crippen molar-refractivity contribution in [3.8, 4) is 0 Å². The second-order valence-electron chi connectivity index (χ2n) is 6.70. The lowest BCUT2D eigenvalue weighted by Crippen LogP contribution is -2.41. The molecule has 7 heteroatoms. The Morgan fingerprint density at radius 1 is 1.22 bits per heavy atom. The number of hydrogen-bond donors (Lipinski definition) is 2. The van der Waals surface area contributed by atoms with E-state index in [9.17, 15) is 0 Å². The third-order valence-corrected chi connectivity index (χ3v) is 4.23. The monoisotopic (exact) mass is 490 g/mol. The Bertz CT molecular complexity index is 510. The van der Waals surface area contributed by atoms with E-state index in [4.69, 9.17) is 14.5 Å². The summed E-state index contributed by atoms with van der Waals surface area (Å²) in [5, 5.41) is 6.65. The van der Waals surface area contributed by atoms with Crippen LogP contribution in [0.15, 0.2) is 35.3 Å². The van der Waals surface area contributed by atoms with Gasteiger partial charge in [-0.25, -0.2) is 0 Å². The van der Waals surface area contributed by atoms with Crippen molar-refractivity contribution in [1.29, 1.82) is 0 Å². The highest BCUT2D eigenvalue weighted by Crippen LogP contribution is 2.04. The lowest BCUT2D eigenvalue weighted by molar-refractivity contribution is 0.0323. The molecule has 2 N–H and O–H groups in total. The molecule has 1 unspecified atom stereocenters. The van der Waals surface area contributed by atoms with Crippen molar-refractivity contribution in [1.82, 2.24) is 15.5 Å². The van der Waals surface area contributed by atoms with Crippen molar-refractivity contribution < 1.29 is 9.47 Å². The second kappa shape index (κ2) is 15.1. The number of guanidine groups is 1. The van der Waals surface area contributed by atoms with Crippen molar-refractivity contribution in [3.05, 3.63) is 35.9 Å². The van der Waals surface area contributed by atoms with Gasteiger partial charge in [0.05, 0.1) is 26.4 Å². The van der Waals surface area contributed by atoms with Crippen LogP contribution in [0.4, 0.5) is 0 Å². The van der Waals surface area contributed by atoms with Gasteiger partial charge in [-0.3, -0.25) is 9.89 Å². The molecule has 1 aromatic carbocycles. The molecule has 0 amide bonds. The Labute approximate surface area is 181 Å². The van der Waals surface area contributed by atoms with E-state index in [1.807, 2.05) is 18.2 Å². The lowest BCUT2D eigenvalue weighted by atomic mass is 10.1. The second-order valence-corrected chi connectivity index (χ2v) is 6.70. The number of halogens is 1. The van der Waals surface area contributed by atoms with Crippen LogP contribution < -0.4 is 10.6 Å². The highest BCUT2D eigenvalue weighted by Gasteiger charge is 2.13. The number of nitrogens with one attached hydrogen (secondary N) is 2. The Morgan fingerprint density at radius 2 is 1.96 bits per heavy atom. The molecule has 6 nitrogen and oxygen atoms in total. The molecule has 1 heterocycles. The lowest BCUT2D eigenvalue weighted by Gasteiger charge is -2.28. The molecule has 0 spiro atoms. The Balaban J connectivity index is 0.00000364. The summed E-state index contributed by atoms with van der Waals surface area (Å²) in [5.74, 6) is 1.39. The summed E-state index contributed by atoms with van der Waals surface area (Å²) in [6.45, 7) is 12.9. The number of rotatable bonds is 10. The summed E-state index contributed by atoms with van der Waals surface area (Å²) in [4.78, 5) is 7.18. The molecule has 1 aromatic rings. The third-order valence-electron chi connectivity index (χ3n) is 4.23. The summed E-state index contributed by atoms with van der Waals surface area (Å²) < 4.78 is 11.1. The van der Waals surface area contributed by atoms with E-state index in [0.717, 1.165) is 58.4 Å². The normalized spacial score (nSPS) is 16.4. The van der Waals surface area contributed by atoms with Gasteiger partial charge in [0, 0.05) is 39.3 Å². The fourth-order valence-corrected chi connectivity index (χ4v) is 2.88. The van der Waals surface area contributed by atoms with Crippen molar-refractivity contribution in [2.24, 2.45) is 10.9 Å². The Hall–Kier alpha value is -0.900. The fraction of sp³-hybridized carbons (Fsp3) is 0.650. The minimum atomic E-state index is 0. The van der Waals surface area contributed by atoms with E-state index in [0.29, 0.717) is 19.1 Å². The van der Waals surface area contributed by atoms with Crippen molar-refractivity contribution >= 4 is 29.9 Å². The molecule has 0 bridgehead atoms. The van der Waals surface area contributed by atoms with Crippen molar-refractivity contribution in [2.45, 2.75) is 20.5 Å². The van der Waals surface area contributed by atoms with Gasteiger partial charge in [-0.1, -0.05) is 37.3 Å². The Morgan fingerprint density at radius 3 is 2.67 bits per heavy atom. The molecule has 1 atom stereocenters. The fourth-order valence-electron chi connectivity index (χ4n) is 2.88. The van der Waals surface area contributed by atoms with E-state index in [-0.39, 0.29) is 24.0 Å². The maximum atomic E-state index is 5.71. The molecule has 2 rings (SSSR count). The van der Waals surface area contributed by atoms with E-state index < -0.39 is 0 Å². The van der Waals surface area contributed by atoms with Gasteiger partial charge in [0.15, 0.2) is 5.96 Å². The molecule has 1 fully saturated rings. The first kappa shape index (κ1) is 24.1. The predicted molar refractivity (Wildman–Crippen MR) is 122 cm³/mol. The zero-order chi connectivity index (χ0) is 18.5. The topological polar surface area (TPSA) is 58.1 Å². The van der Waals surface area contributed by atoms with Crippen LogP contribution in [0.1, 0.15) is 19.4 Å². The molecule has 27 heavy (non-hydrogen) atoms. The standard InChI is InChI=1S/C20H34N4O2.HI/c1-3-21-20(22-9-12-26-17-19-7-5-4-6-8-19)23-15-18(2)16-24-10-13-25-14-11-24;/h4-8,18H,3,9-17H2,1-2H3,(H2,21,22,23);1H. The highest BCUT2D eigenvalue weighted by atomic mass is 127. The van der Waals surface area contributed by atoms with Crippen LogP contribution in [0.3, 0.4) is 0 Å². The first-order valence-corrected chi connectivity index (χ1v) is 9.72. The summed E-state index contributed by atoms with van der Waals surface area (Å²) in [6.07, 6.45) is 0. The number of nitrogens with zero attached hydrogens (tertiary/aromatic N) is 2. The number of hydrogen-bond acceptors (Lipinski definition) is 4. The van der Waals surface area contributed by atoms with Gasteiger partial charge in [-0.15, -0.1) is 24.0 Å². The van der Waals surface area contributed by atoms with E-state index in [2.05, 4.69) is 41.5 Å². The highest BCUT2D eigenvalue weighted by molar-refractivity contribution is 14.0. The smallest absolute Gasteiger partial charge is 0.191 e. The minimum Gasteiger partial charge on any atom is -0.379 e. The number of ether oxygens (including phenoxy) is 2. The van der Waals surface area contributed by atoms with Crippen LogP contribution in [0.25, 0.3) is 0 Å². The predicted octanol–water partition coefficient (Wildman–Crippen LogP) is 2.34. The summed E-state index contributed by atoms with van der Waals surface area (Å²) in [7, 11) is 0. The molecule has 0 aromatic heterocycles. The van der Waals surface area contributed by atoms with Gasteiger partial charge in [0.1, 0.15) is 0 Å². The molecule has 1 saturated heterocycles. The van der Waals surface area contributed by atoms with E-state index in [1.165, 1.54) is 5.56 Å². The van der Waals surface area contributed by atoms with E-state index >= 15 is 0 Å². The zero-order valence-corrected chi connectivity index (χ0v) is 19.0. The minimum absolute atomic E-state index is 0. The van der Waals surface area contributed by atoms with Crippen molar-refractivity contribution in [2.75, 3.05) is 59.1 Å². The summed E-state index contributed by atoms with van der Waals surface area (Å²) >= 11 is 0. The summed E-state index contributed by atoms with van der Waals surface area (Å²) in [6, 6.07) is 10.2. The van der Waals surface area contributed by atoms with Crippen LogP contribution in [-0.4, -0.2) is 69.9 Å².